The highest BCUT2D eigenvalue weighted by molar-refractivity contribution is 5.35. The lowest BCUT2D eigenvalue weighted by molar-refractivity contribution is 0.438. The summed E-state index contributed by atoms with van der Waals surface area (Å²) < 4.78 is 32.3. The molecule has 0 atom stereocenters. The van der Waals surface area contributed by atoms with Crippen molar-refractivity contribution in [2.45, 2.75) is 13.5 Å². The van der Waals surface area contributed by atoms with Crippen LogP contribution in [0.15, 0.2) is 42.5 Å². The molecule has 0 saturated carbocycles. The summed E-state index contributed by atoms with van der Waals surface area (Å²) in [6, 6.07) is 10.4. The van der Waals surface area contributed by atoms with Crippen molar-refractivity contribution < 1.29 is 13.5 Å². The van der Waals surface area contributed by atoms with E-state index in [1.165, 1.54) is 24.3 Å². The van der Waals surface area contributed by atoms with Crippen LogP contribution in [0.1, 0.15) is 12.5 Å². The Labute approximate surface area is 111 Å². The van der Waals surface area contributed by atoms with Crippen LogP contribution >= 0.6 is 0 Å². The van der Waals surface area contributed by atoms with Gasteiger partial charge < -0.3 is 10.1 Å². The van der Waals surface area contributed by atoms with E-state index in [2.05, 4.69) is 5.32 Å². The Kier molecular flexibility index (Phi) is 4.47. The summed E-state index contributed by atoms with van der Waals surface area (Å²) >= 11 is 0. The maximum atomic E-state index is 13.5. The molecule has 0 bridgehead atoms. The Morgan fingerprint density at radius 2 is 1.89 bits per heavy atom. The smallest absolute Gasteiger partial charge is 0.165 e. The predicted molar refractivity (Wildman–Crippen MR) is 70.3 cm³/mol. The predicted octanol–water partition coefficient (Wildman–Crippen LogP) is 3.87. The average Bonchev–Trinajstić information content (AvgIpc) is 2.38. The molecule has 0 unspecified atom stereocenters. The van der Waals surface area contributed by atoms with Gasteiger partial charge in [0.05, 0.1) is 0 Å². The molecule has 0 radical (unpaired) electrons. The molecule has 1 N–H and O–H groups in total. The topological polar surface area (TPSA) is 21.3 Å². The minimum atomic E-state index is -0.472. The number of rotatable bonds is 5. The standard InChI is InChI=1S/C15H15F2NO/c1-2-18-10-11-7-12(16)9-13(8-11)19-15-6-4-3-5-14(15)17/h3-9,18H,2,10H2,1H3. The van der Waals surface area contributed by atoms with Gasteiger partial charge >= 0.3 is 0 Å². The Balaban J connectivity index is 2.20. The van der Waals surface area contributed by atoms with Crippen LogP contribution in [0.25, 0.3) is 0 Å². The highest BCUT2D eigenvalue weighted by atomic mass is 19.1. The average molecular weight is 263 g/mol. The number of hydrogen-bond acceptors (Lipinski definition) is 2. The van der Waals surface area contributed by atoms with E-state index in [0.29, 0.717) is 6.54 Å². The monoisotopic (exact) mass is 263 g/mol. The van der Waals surface area contributed by atoms with E-state index in [4.69, 9.17) is 4.74 Å². The lowest BCUT2D eigenvalue weighted by atomic mass is 10.2. The van der Waals surface area contributed by atoms with Gasteiger partial charge in [0.25, 0.3) is 0 Å². The molecule has 0 aromatic heterocycles. The third kappa shape index (κ3) is 3.76. The largest absolute Gasteiger partial charge is 0.454 e. The van der Waals surface area contributed by atoms with E-state index in [1.54, 1.807) is 18.2 Å². The Morgan fingerprint density at radius 3 is 2.63 bits per heavy atom. The Morgan fingerprint density at radius 1 is 1.11 bits per heavy atom. The van der Waals surface area contributed by atoms with Crippen LogP contribution in [-0.2, 0) is 6.54 Å². The van der Waals surface area contributed by atoms with Crippen molar-refractivity contribution in [1.82, 2.24) is 5.32 Å². The summed E-state index contributed by atoms with van der Waals surface area (Å²) in [4.78, 5) is 0. The molecule has 2 rings (SSSR count). The van der Waals surface area contributed by atoms with Gasteiger partial charge in [-0.2, -0.15) is 0 Å². The van der Waals surface area contributed by atoms with Crippen LogP contribution < -0.4 is 10.1 Å². The molecule has 0 spiro atoms. The van der Waals surface area contributed by atoms with E-state index >= 15 is 0 Å². The normalized spacial score (nSPS) is 10.5. The van der Waals surface area contributed by atoms with Crippen LogP contribution in [0, 0.1) is 11.6 Å². The number of nitrogens with one attached hydrogen (secondary N) is 1. The fourth-order valence-electron chi connectivity index (χ4n) is 1.71. The zero-order chi connectivity index (χ0) is 13.7. The summed E-state index contributed by atoms with van der Waals surface area (Å²) in [7, 11) is 0. The molecule has 0 aliphatic rings. The molecule has 4 heteroatoms. The van der Waals surface area contributed by atoms with Crippen molar-refractivity contribution in [3.05, 3.63) is 59.7 Å². The Bertz CT molecular complexity index is 558. The molecule has 2 aromatic rings. The molecule has 0 fully saturated rings. The number of hydrogen-bond donors (Lipinski definition) is 1. The molecule has 2 nitrogen and oxygen atoms in total. The number of ether oxygens (including phenoxy) is 1. The van der Waals surface area contributed by atoms with Gasteiger partial charge in [0.1, 0.15) is 11.6 Å². The summed E-state index contributed by atoms with van der Waals surface area (Å²) in [6.45, 7) is 3.30. The Hall–Kier alpha value is -1.94. The first-order valence-corrected chi connectivity index (χ1v) is 6.11. The van der Waals surface area contributed by atoms with Crippen LogP contribution in [0.5, 0.6) is 11.5 Å². The van der Waals surface area contributed by atoms with Gasteiger partial charge in [-0.15, -0.1) is 0 Å². The second-order valence-corrected chi connectivity index (χ2v) is 4.11. The van der Waals surface area contributed by atoms with Gasteiger partial charge in [0.2, 0.25) is 0 Å². The van der Waals surface area contributed by atoms with Gasteiger partial charge in [0.15, 0.2) is 11.6 Å². The van der Waals surface area contributed by atoms with Crippen molar-refractivity contribution in [2.24, 2.45) is 0 Å². The molecular formula is C15H15F2NO. The third-order valence-corrected chi connectivity index (χ3v) is 2.57. The second kappa shape index (κ2) is 6.29. The van der Waals surface area contributed by atoms with Gasteiger partial charge in [-0.25, -0.2) is 8.78 Å². The quantitative estimate of drug-likeness (QED) is 0.884. The first-order valence-electron chi connectivity index (χ1n) is 6.11. The lowest BCUT2D eigenvalue weighted by Crippen LogP contribution is -2.11. The molecule has 100 valence electrons. The van der Waals surface area contributed by atoms with E-state index in [0.717, 1.165) is 12.1 Å². The molecule has 0 amide bonds. The van der Waals surface area contributed by atoms with Crippen molar-refractivity contribution in [2.75, 3.05) is 6.54 Å². The molecule has 0 saturated heterocycles. The molecule has 0 heterocycles. The zero-order valence-corrected chi connectivity index (χ0v) is 10.6. The zero-order valence-electron chi connectivity index (χ0n) is 10.6. The first-order chi connectivity index (χ1) is 9.19. The van der Waals surface area contributed by atoms with Crippen molar-refractivity contribution in [3.8, 4) is 11.5 Å². The highest BCUT2D eigenvalue weighted by Crippen LogP contribution is 2.25. The van der Waals surface area contributed by atoms with Crippen LogP contribution in [0.2, 0.25) is 0 Å². The number of para-hydroxylation sites is 1. The van der Waals surface area contributed by atoms with Gasteiger partial charge in [-0.1, -0.05) is 19.1 Å². The summed E-state index contributed by atoms with van der Waals surface area (Å²) in [6.07, 6.45) is 0. The second-order valence-electron chi connectivity index (χ2n) is 4.11. The molecule has 0 aliphatic carbocycles. The number of benzene rings is 2. The molecule has 0 aliphatic heterocycles. The van der Waals surface area contributed by atoms with Crippen molar-refractivity contribution in [3.63, 3.8) is 0 Å². The lowest BCUT2D eigenvalue weighted by Gasteiger charge is -2.09. The highest BCUT2D eigenvalue weighted by Gasteiger charge is 2.06. The minimum absolute atomic E-state index is 0.0856. The van der Waals surface area contributed by atoms with Gasteiger partial charge in [0, 0.05) is 12.6 Å². The van der Waals surface area contributed by atoms with E-state index in [9.17, 15) is 8.78 Å². The SMILES string of the molecule is CCNCc1cc(F)cc(Oc2ccccc2F)c1. The van der Waals surface area contributed by atoms with E-state index in [-0.39, 0.29) is 11.5 Å². The first kappa shape index (κ1) is 13.5. The molecular weight excluding hydrogens is 248 g/mol. The molecule has 2 aromatic carbocycles. The summed E-state index contributed by atoms with van der Waals surface area (Å²) in [5.74, 6) is -0.498. The van der Waals surface area contributed by atoms with Crippen molar-refractivity contribution in [1.29, 1.82) is 0 Å². The van der Waals surface area contributed by atoms with Gasteiger partial charge in [-0.05, 0) is 36.4 Å². The maximum Gasteiger partial charge on any atom is 0.165 e. The van der Waals surface area contributed by atoms with Crippen LogP contribution in [0.4, 0.5) is 8.78 Å². The summed E-state index contributed by atoms with van der Waals surface area (Å²) in [5, 5.41) is 3.10. The fourth-order valence-corrected chi connectivity index (χ4v) is 1.71. The third-order valence-electron chi connectivity index (χ3n) is 2.57. The maximum absolute atomic E-state index is 13.5. The van der Waals surface area contributed by atoms with Crippen LogP contribution in [0.3, 0.4) is 0 Å². The summed E-state index contributed by atoms with van der Waals surface area (Å²) in [5.41, 5.74) is 0.758. The van der Waals surface area contributed by atoms with Crippen LogP contribution in [-0.4, -0.2) is 6.54 Å². The van der Waals surface area contributed by atoms with E-state index < -0.39 is 11.6 Å². The minimum Gasteiger partial charge on any atom is -0.454 e. The fraction of sp³-hybridized carbons (Fsp3) is 0.200. The number of halogens is 2. The molecule has 19 heavy (non-hydrogen) atoms. The van der Waals surface area contributed by atoms with Crippen molar-refractivity contribution >= 4 is 0 Å². The van der Waals surface area contributed by atoms with Gasteiger partial charge in [-0.3, -0.25) is 0 Å². The van der Waals surface area contributed by atoms with E-state index in [1.807, 2.05) is 6.92 Å².